The molecule has 0 saturated carbocycles. The SMILES string of the molecule is CC/C=C\C/C=C\C/C=C\CCCCCCCC(=O)O[C@H](COC(=O)CCCCCCC/C=C\C/C=C\CCCC)COC(=O)CCCCCCCCCCCCCCCCCCC. The first kappa shape index (κ1) is 61.1. The maximum absolute atomic E-state index is 12.8. The third-order valence-electron chi connectivity index (χ3n) is 11.8. The van der Waals surface area contributed by atoms with Crippen LogP contribution in [-0.2, 0) is 28.6 Å². The molecule has 0 radical (unpaired) electrons. The number of hydrogen-bond acceptors (Lipinski definition) is 6. The van der Waals surface area contributed by atoms with Gasteiger partial charge in [0.25, 0.3) is 0 Å². The predicted octanol–water partition coefficient (Wildman–Crippen LogP) is 18.0. The highest BCUT2D eigenvalue weighted by atomic mass is 16.6. The van der Waals surface area contributed by atoms with Gasteiger partial charge in [0.15, 0.2) is 6.10 Å². The number of carbonyl (C=O) groups is 3. The van der Waals surface area contributed by atoms with Crippen molar-refractivity contribution in [3.8, 4) is 0 Å². The van der Waals surface area contributed by atoms with Crippen LogP contribution in [0.3, 0.4) is 0 Å². The van der Waals surface area contributed by atoms with Crippen LogP contribution in [0.25, 0.3) is 0 Å². The lowest BCUT2D eigenvalue weighted by Crippen LogP contribution is -2.30. The Morgan fingerprint density at radius 2 is 0.625 bits per heavy atom. The van der Waals surface area contributed by atoms with Gasteiger partial charge in [0.2, 0.25) is 0 Å². The Kier molecular flexibility index (Phi) is 50.4. The van der Waals surface area contributed by atoms with Gasteiger partial charge in [-0.3, -0.25) is 14.4 Å². The van der Waals surface area contributed by atoms with E-state index in [-0.39, 0.29) is 31.1 Å². The van der Waals surface area contributed by atoms with E-state index in [0.29, 0.717) is 19.3 Å². The zero-order valence-electron chi connectivity index (χ0n) is 42.3. The van der Waals surface area contributed by atoms with Crippen molar-refractivity contribution < 1.29 is 28.6 Å². The van der Waals surface area contributed by atoms with Crippen molar-refractivity contribution in [2.45, 2.75) is 277 Å². The number of esters is 3. The number of allylic oxidation sites excluding steroid dienone is 10. The number of hydrogen-bond donors (Lipinski definition) is 0. The minimum atomic E-state index is -0.787. The molecular formula is C58H102O6. The first-order chi connectivity index (χ1) is 31.5. The summed E-state index contributed by atoms with van der Waals surface area (Å²) in [6, 6.07) is 0. The van der Waals surface area contributed by atoms with E-state index in [1.54, 1.807) is 0 Å². The van der Waals surface area contributed by atoms with Crippen molar-refractivity contribution in [3.63, 3.8) is 0 Å². The molecule has 0 bridgehead atoms. The first-order valence-electron chi connectivity index (χ1n) is 27.3. The Morgan fingerprint density at radius 3 is 1.00 bits per heavy atom. The van der Waals surface area contributed by atoms with Crippen LogP contribution >= 0.6 is 0 Å². The van der Waals surface area contributed by atoms with Crippen LogP contribution in [-0.4, -0.2) is 37.2 Å². The van der Waals surface area contributed by atoms with Gasteiger partial charge in [-0.1, -0.05) is 236 Å². The summed E-state index contributed by atoms with van der Waals surface area (Å²) < 4.78 is 16.8. The second-order valence-electron chi connectivity index (χ2n) is 18.1. The zero-order chi connectivity index (χ0) is 46.5. The molecule has 0 N–H and O–H groups in total. The standard InChI is InChI=1S/C58H102O6/c1-4-7-10-13-16-19-22-25-28-29-31-33-36-39-42-45-48-51-57(60)63-54-55(53-62-56(59)50-47-44-41-38-35-32-27-24-21-18-15-12-9-6-3)64-58(61)52-49-46-43-40-37-34-30-26-23-20-17-14-11-8-5-2/h8,11,15,17-18,20,24,26-27,30,55H,4-7,9-10,12-14,16,19,21-23,25,28-29,31-54H2,1-3H3/b11-8-,18-15-,20-17-,27-24-,30-26-/t55-/m1/s1. The largest absolute Gasteiger partial charge is 0.462 e. The maximum atomic E-state index is 12.8. The molecule has 0 spiro atoms. The molecule has 370 valence electrons. The van der Waals surface area contributed by atoms with Crippen LogP contribution in [0.4, 0.5) is 0 Å². The molecule has 0 aromatic rings. The van der Waals surface area contributed by atoms with Gasteiger partial charge in [0.1, 0.15) is 13.2 Å². The van der Waals surface area contributed by atoms with Crippen LogP contribution < -0.4 is 0 Å². The molecule has 0 unspecified atom stereocenters. The van der Waals surface area contributed by atoms with Crippen LogP contribution in [0.5, 0.6) is 0 Å². The molecule has 0 rings (SSSR count). The number of ether oxygens (including phenoxy) is 3. The highest BCUT2D eigenvalue weighted by Crippen LogP contribution is 2.16. The second kappa shape index (κ2) is 52.7. The molecule has 0 aromatic heterocycles. The molecular weight excluding hydrogens is 793 g/mol. The summed E-state index contributed by atoms with van der Waals surface area (Å²) in [5.41, 5.74) is 0. The fraction of sp³-hybridized carbons (Fsp3) is 0.776. The lowest BCUT2D eigenvalue weighted by atomic mass is 10.0. The van der Waals surface area contributed by atoms with Gasteiger partial charge in [0, 0.05) is 19.3 Å². The van der Waals surface area contributed by atoms with Gasteiger partial charge in [-0.25, -0.2) is 0 Å². The van der Waals surface area contributed by atoms with E-state index in [4.69, 9.17) is 14.2 Å². The zero-order valence-corrected chi connectivity index (χ0v) is 42.3. The predicted molar refractivity (Wildman–Crippen MR) is 275 cm³/mol. The Morgan fingerprint density at radius 1 is 0.328 bits per heavy atom. The average molecular weight is 895 g/mol. The van der Waals surface area contributed by atoms with Crippen molar-refractivity contribution in [1.82, 2.24) is 0 Å². The number of rotatable bonds is 49. The van der Waals surface area contributed by atoms with Crippen LogP contribution in [0.1, 0.15) is 271 Å². The second-order valence-corrected chi connectivity index (χ2v) is 18.1. The van der Waals surface area contributed by atoms with Crippen molar-refractivity contribution in [1.29, 1.82) is 0 Å². The Balaban J connectivity index is 4.39. The summed E-state index contributed by atoms with van der Waals surface area (Å²) in [6.07, 6.45) is 64.9. The Hall–Kier alpha value is -2.89. The van der Waals surface area contributed by atoms with E-state index < -0.39 is 6.10 Å². The van der Waals surface area contributed by atoms with E-state index in [2.05, 4.69) is 81.5 Å². The molecule has 0 aliphatic carbocycles. The summed E-state index contributed by atoms with van der Waals surface area (Å²) in [4.78, 5) is 38.1. The normalized spacial score (nSPS) is 12.5. The molecule has 0 saturated heterocycles. The average Bonchev–Trinajstić information content (AvgIpc) is 3.29. The van der Waals surface area contributed by atoms with Crippen LogP contribution in [0.15, 0.2) is 60.8 Å². The maximum Gasteiger partial charge on any atom is 0.306 e. The Labute approximate surface area is 396 Å². The summed E-state index contributed by atoms with van der Waals surface area (Å²) in [5, 5.41) is 0. The molecule has 0 aliphatic heterocycles. The molecule has 0 heterocycles. The monoisotopic (exact) mass is 895 g/mol. The summed E-state index contributed by atoms with van der Waals surface area (Å²) >= 11 is 0. The highest BCUT2D eigenvalue weighted by Gasteiger charge is 2.19. The van der Waals surface area contributed by atoms with Gasteiger partial charge in [-0.15, -0.1) is 0 Å². The molecule has 64 heavy (non-hydrogen) atoms. The van der Waals surface area contributed by atoms with Crippen LogP contribution in [0, 0.1) is 0 Å². The Bertz CT molecular complexity index is 1170. The van der Waals surface area contributed by atoms with Crippen molar-refractivity contribution in [3.05, 3.63) is 60.8 Å². The van der Waals surface area contributed by atoms with E-state index in [1.165, 1.54) is 116 Å². The van der Waals surface area contributed by atoms with E-state index >= 15 is 0 Å². The molecule has 6 nitrogen and oxygen atoms in total. The lowest BCUT2D eigenvalue weighted by Gasteiger charge is -2.18. The van der Waals surface area contributed by atoms with Crippen molar-refractivity contribution in [2.24, 2.45) is 0 Å². The fourth-order valence-electron chi connectivity index (χ4n) is 7.65. The van der Waals surface area contributed by atoms with Gasteiger partial charge in [0.05, 0.1) is 0 Å². The summed E-state index contributed by atoms with van der Waals surface area (Å²) in [6.45, 7) is 6.48. The summed E-state index contributed by atoms with van der Waals surface area (Å²) in [7, 11) is 0. The van der Waals surface area contributed by atoms with Gasteiger partial charge in [-0.2, -0.15) is 0 Å². The minimum absolute atomic E-state index is 0.0837. The van der Waals surface area contributed by atoms with E-state index in [0.717, 1.165) is 116 Å². The van der Waals surface area contributed by atoms with Gasteiger partial charge < -0.3 is 14.2 Å². The molecule has 0 amide bonds. The van der Waals surface area contributed by atoms with Crippen LogP contribution in [0.2, 0.25) is 0 Å². The minimum Gasteiger partial charge on any atom is -0.462 e. The number of carbonyl (C=O) groups excluding carboxylic acids is 3. The topological polar surface area (TPSA) is 78.9 Å². The molecule has 0 aliphatic rings. The summed E-state index contributed by atoms with van der Waals surface area (Å²) in [5.74, 6) is -0.907. The molecule has 0 aromatic carbocycles. The highest BCUT2D eigenvalue weighted by molar-refractivity contribution is 5.71. The smallest absolute Gasteiger partial charge is 0.306 e. The molecule has 0 fully saturated rings. The fourth-order valence-corrected chi connectivity index (χ4v) is 7.65. The van der Waals surface area contributed by atoms with Crippen molar-refractivity contribution in [2.75, 3.05) is 13.2 Å². The quantitative estimate of drug-likeness (QED) is 0.0262. The molecule has 6 heteroatoms. The lowest BCUT2D eigenvalue weighted by molar-refractivity contribution is -0.167. The van der Waals surface area contributed by atoms with E-state index in [9.17, 15) is 14.4 Å². The third-order valence-corrected chi connectivity index (χ3v) is 11.8. The third kappa shape index (κ3) is 50.1. The van der Waals surface area contributed by atoms with E-state index in [1.807, 2.05) is 0 Å². The first-order valence-corrected chi connectivity index (χ1v) is 27.3. The molecule has 1 atom stereocenters. The number of unbranched alkanes of at least 4 members (excludes halogenated alkanes) is 28. The van der Waals surface area contributed by atoms with Gasteiger partial charge >= 0.3 is 17.9 Å². The van der Waals surface area contributed by atoms with Crippen molar-refractivity contribution >= 4 is 17.9 Å². The van der Waals surface area contributed by atoms with Gasteiger partial charge in [-0.05, 0) is 77.0 Å².